The van der Waals surface area contributed by atoms with Crippen molar-refractivity contribution in [3.05, 3.63) is 47.0 Å². The summed E-state index contributed by atoms with van der Waals surface area (Å²) in [4.78, 5) is 32.7. The Balaban J connectivity index is 1.56. The Morgan fingerprint density at radius 2 is 1.90 bits per heavy atom. The molecule has 0 aliphatic rings. The smallest absolute Gasteiger partial charge is 0.253 e. The molecule has 8 nitrogen and oxygen atoms in total. The van der Waals surface area contributed by atoms with Crippen LogP contribution in [0.3, 0.4) is 0 Å². The molecule has 1 aromatic carbocycles. The average molecular weight is 438 g/mol. The Morgan fingerprint density at radius 3 is 2.63 bits per heavy atom. The van der Waals surface area contributed by atoms with Crippen LogP contribution < -0.4 is 10.6 Å². The Labute approximate surface area is 173 Å². The van der Waals surface area contributed by atoms with Crippen LogP contribution >= 0.6 is 11.8 Å². The van der Waals surface area contributed by atoms with Gasteiger partial charge in [0.15, 0.2) is 17.5 Å². The van der Waals surface area contributed by atoms with Gasteiger partial charge in [-0.05, 0) is 39.0 Å². The molecule has 0 bridgehead atoms. The van der Waals surface area contributed by atoms with Crippen molar-refractivity contribution in [2.75, 3.05) is 11.9 Å². The second-order valence-electron chi connectivity index (χ2n) is 6.39. The highest BCUT2D eigenvalue weighted by molar-refractivity contribution is 8.00. The van der Waals surface area contributed by atoms with Crippen molar-refractivity contribution in [2.45, 2.75) is 31.2 Å². The normalized spacial score (nSPS) is 12.1. The molecule has 2 heterocycles. The number of aryl methyl sites for hydroxylation is 2. The zero-order valence-electron chi connectivity index (χ0n) is 16.2. The average Bonchev–Trinajstić information content (AvgIpc) is 3.09. The first-order valence-electron chi connectivity index (χ1n) is 8.74. The fraction of sp³-hybridized carbons (Fsp3) is 0.278. The highest BCUT2D eigenvalue weighted by Gasteiger charge is 2.20. The molecule has 0 saturated carbocycles. The number of thioether (sulfide) groups is 1. The second kappa shape index (κ2) is 8.69. The van der Waals surface area contributed by atoms with Crippen molar-refractivity contribution in [1.82, 2.24) is 24.9 Å². The number of carbonyl (C=O) groups excluding carboxylic acids is 2. The molecular formula is C18H17F3N6O2S. The fourth-order valence-corrected chi connectivity index (χ4v) is 3.31. The predicted molar refractivity (Wildman–Crippen MR) is 104 cm³/mol. The summed E-state index contributed by atoms with van der Waals surface area (Å²) in [6, 6.07) is 3.42. The third-order valence-electron chi connectivity index (χ3n) is 3.98. The van der Waals surface area contributed by atoms with E-state index < -0.39 is 46.7 Å². The van der Waals surface area contributed by atoms with Gasteiger partial charge < -0.3 is 10.6 Å². The summed E-state index contributed by atoms with van der Waals surface area (Å²) in [5.74, 6) is -5.45. The van der Waals surface area contributed by atoms with E-state index >= 15 is 0 Å². The zero-order chi connectivity index (χ0) is 22.0. The maximum atomic E-state index is 13.6. The van der Waals surface area contributed by atoms with Crippen LogP contribution in [0.15, 0.2) is 23.4 Å². The standard InChI is InChI=1S/C18H17F3N6O2S/c1-8-6-9(2)27-17(23-8)25-18(26-27)30-10(3)16(29)22-7-13(28)24-12-5-4-11(19)14(20)15(12)21/h4-6,10H,7H2,1-3H3,(H,22,29)(H,24,28)/t10-/m1/s1. The summed E-state index contributed by atoms with van der Waals surface area (Å²) in [6.45, 7) is 4.81. The zero-order valence-corrected chi connectivity index (χ0v) is 17.0. The minimum Gasteiger partial charge on any atom is -0.346 e. The first-order chi connectivity index (χ1) is 14.2. The van der Waals surface area contributed by atoms with E-state index in [0.717, 1.165) is 29.2 Å². The summed E-state index contributed by atoms with van der Waals surface area (Å²) in [7, 11) is 0. The lowest BCUT2D eigenvalue weighted by Crippen LogP contribution is -2.37. The number of amides is 2. The number of nitrogens with zero attached hydrogens (tertiary/aromatic N) is 4. The molecule has 3 rings (SSSR count). The summed E-state index contributed by atoms with van der Waals surface area (Å²) in [5.41, 5.74) is 1.11. The number of benzene rings is 1. The van der Waals surface area contributed by atoms with E-state index in [0.29, 0.717) is 17.0 Å². The van der Waals surface area contributed by atoms with E-state index in [1.54, 1.807) is 11.4 Å². The van der Waals surface area contributed by atoms with Crippen LogP contribution in [-0.4, -0.2) is 43.2 Å². The van der Waals surface area contributed by atoms with Crippen LogP contribution in [0.25, 0.3) is 5.78 Å². The van der Waals surface area contributed by atoms with E-state index in [2.05, 4.69) is 25.7 Å². The molecule has 12 heteroatoms. The SMILES string of the molecule is Cc1cc(C)n2nc(S[C@H](C)C(=O)NCC(=O)Nc3ccc(F)c(F)c3F)nc2n1. The summed E-state index contributed by atoms with van der Waals surface area (Å²) in [5, 5.41) is 8.44. The highest BCUT2D eigenvalue weighted by Crippen LogP contribution is 2.21. The van der Waals surface area contributed by atoms with Crippen LogP contribution in [0.2, 0.25) is 0 Å². The predicted octanol–water partition coefficient (Wildman–Crippen LogP) is 2.39. The molecule has 2 amide bonds. The third-order valence-corrected chi connectivity index (χ3v) is 4.93. The first kappa shape index (κ1) is 21.6. The molecule has 30 heavy (non-hydrogen) atoms. The van der Waals surface area contributed by atoms with Gasteiger partial charge >= 0.3 is 0 Å². The number of hydrogen-bond donors (Lipinski definition) is 2. The van der Waals surface area contributed by atoms with Gasteiger partial charge in [-0.1, -0.05) is 11.8 Å². The molecule has 0 aliphatic carbocycles. The summed E-state index contributed by atoms with van der Waals surface area (Å²) >= 11 is 1.08. The molecule has 2 N–H and O–H groups in total. The number of halogens is 3. The van der Waals surface area contributed by atoms with Gasteiger partial charge in [-0.15, -0.1) is 5.10 Å². The lowest BCUT2D eigenvalue weighted by molar-refractivity contribution is -0.123. The largest absolute Gasteiger partial charge is 0.346 e. The molecule has 0 fully saturated rings. The fourth-order valence-electron chi connectivity index (χ4n) is 2.54. The number of rotatable bonds is 6. The first-order valence-corrected chi connectivity index (χ1v) is 9.62. The van der Waals surface area contributed by atoms with Crippen LogP contribution in [-0.2, 0) is 9.59 Å². The molecule has 0 aliphatic heterocycles. The lowest BCUT2D eigenvalue weighted by atomic mass is 10.2. The molecule has 1 atom stereocenters. The molecule has 0 radical (unpaired) electrons. The van der Waals surface area contributed by atoms with Crippen molar-refractivity contribution in [3.63, 3.8) is 0 Å². The quantitative estimate of drug-likeness (QED) is 0.453. The van der Waals surface area contributed by atoms with E-state index in [1.165, 1.54) is 0 Å². The molecular weight excluding hydrogens is 421 g/mol. The van der Waals surface area contributed by atoms with Crippen molar-refractivity contribution >= 4 is 35.0 Å². The Hall–Kier alpha value is -3.15. The van der Waals surface area contributed by atoms with Crippen LogP contribution in [0.5, 0.6) is 0 Å². The second-order valence-corrected chi connectivity index (χ2v) is 7.70. The van der Waals surface area contributed by atoms with Gasteiger partial charge in [0.1, 0.15) is 0 Å². The number of fused-ring (bicyclic) bond motifs is 1. The van der Waals surface area contributed by atoms with E-state index in [-0.39, 0.29) is 0 Å². The van der Waals surface area contributed by atoms with Crippen LogP contribution in [0.4, 0.5) is 18.9 Å². The molecule has 0 unspecified atom stereocenters. The third kappa shape index (κ3) is 4.70. The maximum Gasteiger partial charge on any atom is 0.253 e. The van der Waals surface area contributed by atoms with Gasteiger partial charge in [0.25, 0.3) is 5.78 Å². The van der Waals surface area contributed by atoms with Gasteiger partial charge in [0.2, 0.25) is 17.0 Å². The minimum absolute atomic E-state index is 0.340. The number of anilines is 1. The van der Waals surface area contributed by atoms with Crippen molar-refractivity contribution in [2.24, 2.45) is 0 Å². The summed E-state index contributed by atoms with van der Waals surface area (Å²) in [6.07, 6.45) is 0. The Bertz CT molecular complexity index is 1140. The minimum atomic E-state index is -1.69. The van der Waals surface area contributed by atoms with E-state index in [1.807, 2.05) is 19.9 Å². The lowest BCUT2D eigenvalue weighted by Gasteiger charge is -2.11. The molecule has 158 valence electrons. The Morgan fingerprint density at radius 1 is 1.17 bits per heavy atom. The number of aromatic nitrogens is 4. The monoisotopic (exact) mass is 438 g/mol. The maximum absolute atomic E-state index is 13.6. The number of carbonyl (C=O) groups is 2. The van der Waals surface area contributed by atoms with Gasteiger partial charge in [0.05, 0.1) is 17.5 Å². The highest BCUT2D eigenvalue weighted by atomic mass is 32.2. The van der Waals surface area contributed by atoms with Gasteiger partial charge in [0, 0.05) is 11.4 Å². The topological polar surface area (TPSA) is 101 Å². The van der Waals surface area contributed by atoms with E-state index in [4.69, 9.17) is 0 Å². The van der Waals surface area contributed by atoms with E-state index in [9.17, 15) is 22.8 Å². The van der Waals surface area contributed by atoms with Crippen molar-refractivity contribution in [3.8, 4) is 0 Å². The molecule has 2 aromatic heterocycles. The van der Waals surface area contributed by atoms with Crippen LogP contribution in [0, 0.1) is 31.3 Å². The Kier molecular flexibility index (Phi) is 6.25. The molecule has 3 aromatic rings. The number of nitrogens with one attached hydrogen (secondary N) is 2. The molecule has 0 saturated heterocycles. The van der Waals surface area contributed by atoms with Gasteiger partial charge in [-0.25, -0.2) is 22.7 Å². The summed E-state index contributed by atoms with van der Waals surface area (Å²) < 4.78 is 41.3. The van der Waals surface area contributed by atoms with Crippen molar-refractivity contribution < 1.29 is 22.8 Å². The van der Waals surface area contributed by atoms with Gasteiger partial charge in [-0.3, -0.25) is 9.59 Å². The van der Waals surface area contributed by atoms with Crippen molar-refractivity contribution in [1.29, 1.82) is 0 Å². The number of hydrogen-bond acceptors (Lipinski definition) is 6. The van der Waals surface area contributed by atoms with Gasteiger partial charge in [-0.2, -0.15) is 4.98 Å². The van der Waals surface area contributed by atoms with Crippen LogP contribution in [0.1, 0.15) is 18.3 Å². The molecule has 0 spiro atoms.